The van der Waals surface area contributed by atoms with Gasteiger partial charge in [-0.1, -0.05) is 13.0 Å². The molecule has 2 rings (SSSR count). The van der Waals surface area contributed by atoms with Crippen molar-refractivity contribution in [1.29, 1.82) is 0 Å². The first kappa shape index (κ1) is 20.3. The van der Waals surface area contributed by atoms with Crippen LogP contribution in [0, 0.1) is 12.3 Å². The van der Waals surface area contributed by atoms with Gasteiger partial charge in [0, 0.05) is 32.3 Å². The van der Waals surface area contributed by atoms with Crippen molar-refractivity contribution in [2.75, 3.05) is 33.4 Å². The number of aryl methyl sites for hydroxylation is 1. The lowest BCUT2D eigenvalue weighted by molar-refractivity contribution is -0.151. The number of hydrogen-bond donors (Lipinski definition) is 2. The molecule has 0 saturated carbocycles. The Bertz CT molecular complexity index is 807. The number of likely N-dealkylation sites (tertiary alicyclic amines) is 1. The van der Waals surface area contributed by atoms with Gasteiger partial charge in [-0.05, 0) is 31.0 Å². The second-order valence-corrected chi connectivity index (χ2v) is 8.24. The van der Waals surface area contributed by atoms with Gasteiger partial charge in [0.15, 0.2) is 0 Å². The number of aliphatic carboxylic acids is 1. The van der Waals surface area contributed by atoms with Gasteiger partial charge in [-0.15, -0.1) is 0 Å². The summed E-state index contributed by atoms with van der Waals surface area (Å²) in [6.07, 6.45) is 0.288. The van der Waals surface area contributed by atoms with E-state index in [1.54, 1.807) is 19.9 Å². The first-order valence-electron chi connectivity index (χ1n) is 8.29. The number of carbonyl (C=O) groups is 2. The fourth-order valence-corrected chi connectivity index (χ4v) is 4.19. The van der Waals surface area contributed by atoms with Gasteiger partial charge >= 0.3 is 5.97 Å². The Morgan fingerprint density at radius 2 is 2.08 bits per heavy atom. The first-order chi connectivity index (χ1) is 12.2. The van der Waals surface area contributed by atoms with Crippen LogP contribution in [0.1, 0.15) is 29.3 Å². The Morgan fingerprint density at radius 1 is 1.38 bits per heavy atom. The number of hydrogen-bond acceptors (Lipinski definition) is 5. The van der Waals surface area contributed by atoms with Gasteiger partial charge in [-0.2, -0.15) is 0 Å². The number of benzene rings is 1. The maximum Gasteiger partial charge on any atom is 0.313 e. The lowest BCUT2D eigenvalue weighted by Crippen LogP contribution is -2.40. The molecule has 1 unspecified atom stereocenters. The van der Waals surface area contributed by atoms with Crippen molar-refractivity contribution in [3.63, 3.8) is 0 Å². The third kappa shape index (κ3) is 3.89. The van der Waals surface area contributed by atoms with Crippen LogP contribution < -0.4 is 4.72 Å². The third-order valence-corrected chi connectivity index (χ3v) is 6.14. The predicted octanol–water partition coefficient (Wildman–Crippen LogP) is 0.857. The molecule has 144 valence electrons. The van der Waals surface area contributed by atoms with Crippen LogP contribution in [0.15, 0.2) is 23.1 Å². The van der Waals surface area contributed by atoms with Crippen molar-refractivity contribution in [2.45, 2.75) is 25.2 Å². The zero-order valence-corrected chi connectivity index (χ0v) is 15.9. The maximum atomic E-state index is 12.9. The minimum absolute atomic E-state index is 0.00823. The molecule has 1 aromatic rings. The van der Waals surface area contributed by atoms with Crippen molar-refractivity contribution in [2.24, 2.45) is 5.41 Å². The summed E-state index contributed by atoms with van der Waals surface area (Å²) in [5.74, 6) is -1.38. The fourth-order valence-electron chi connectivity index (χ4n) is 3.12. The Hall–Kier alpha value is -1.97. The van der Waals surface area contributed by atoms with E-state index in [-0.39, 0.29) is 49.0 Å². The highest BCUT2D eigenvalue weighted by Crippen LogP contribution is 2.32. The van der Waals surface area contributed by atoms with E-state index in [2.05, 4.69) is 4.72 Å². The molecule has 0 radical (unpaired) electrons. The average molecular weight is 384 g/mol. The van der Waals surface area contributed by atoms with Crippen molar-refractivity contribution >= 4 is 21.9 Å². The molecule has 1 atom stereocenters. The largest absolute Gasteiger partial charge is 0.481 e. The minimum Gasteiger partial charge on any atom is -0.481 e. The van der Waals surface area contributed by atoms with Crippen LogP contribution in [0.25, 0.3) is 0 Å². The van der Waals surface area contributed by atoms with Crippen LogP contribution in [0.3, 0.4) is 0 Å². The van der Waals surface area contributed by atoms with Gasteiger partial charge in [-0.3, -0.25) is 9.59 Å². The smallest absolute Gasteiger partial charge is 0.313 e. The number of carboxylic acids is 1. The van der Waals surface area contributed by atoms with Crippen LogP contribution in [-0.4, -0.2) is 63.7 Å². The number of sulfonamides is 1. The molecule has 1 saturated heterocycles. The SMILES string of the molecule is CCNS(=O)(=O)c1ccc(C)c(C(=O)N2CCC(COC)(C(=O)O)C2)c1. The molecule has 1 amide bonds. The standard InChI is InChI=1S/C17H24N2O6S/c1-4-18-26(23,24)13-6-5-12(2)14(9-13)15(20)19-8-7-17(10-19,11-25-3)16(21)22/h5-6,9,18H,4,7-8,10-11H2,1-3H3,(H,21,22). The van der Waals surface area contributed by atoms with E-state index in [9.17, 15) is 23.1 Å². The lowest BCUT2D eigenvalue weighted by Gasteiger charge is -2.24. The quantitative estimate of drug-likeness (QED) is 0.721. The van der Waals surface area contributed by atoms with Crippen LogP contribution in [0.5, 0.6) is 0 Å². The summed E-state index contributed by atoms with van der Waals surface area (Å²) in [6.45, 7) is 3.94. The first-order valence-corrected chi connectivity index (χ1v) is 9.77. The van der Waals surface area contributed by atoms with E-state index in [0.29, 0.717) is 5.56 Å². The maximum absolute atomic E-state index is 12.9. The molecule has 1 heterocycles. The summed E-state index contributed by atoms with van der Waals surface area (Å²) < 4.78 is 31.8. The van der Waals surface area contributed by atoms with Gasteiger partial charge in [0.2, 0.25) is 10.0 Å². The molecule has 1 fully saturated rings. The molecule has 0 bridgehead atoms. The highest BCUT2D eigenvalue weighted by atomic mass is 32.2. The number of carboxylic acid groups (broad SMARTS) is 1. The van der Waals surface area contributed by atoms with Crippen LogP contribution in [0.2, 0.25) is 0 Å². The highest BCUT2D eigenvalue weighted by Gasteiger charge is 2.46. The van der Waals surface area contributed by atoms with Gasteiger partial charge in [0.05, 0.1) is 11.5 Å². The van der Waals surface area contributed by atoms with Gasteiger partial charge < -0.3 is 14.7 Å². The van der Waals surface area contributed by atoms with Crippen LogP contribution in [0.4, 0.5) is 0 Å². The summed E-state index contributed by atoms with van der Waals surface area (Å²) >= 11 is 0. The van der Waals surface area contributed by atoms with Gasteiger partial charge in [-0.25, -0.2) is 13.1 Å². The van der Waals surface area contributed by atoms with Crippen molar-refractivity contribution in [3.8, 4) is 0 Å². The van der Waals surface area contributed by atoms with E-state index in [1.807, 2.05) is 0 Å². The molecule has 0 aliphatic carbocycles. The highest BCUT2D eigenvalue weighted by molar-refractivity contribution is 7.89. The zero-order valence-electron chi connectivity index (χ0n) is 15.1. The Balaban J connectivity index is 2.32. The van der Waals surface area contributed by atoms with Crippen molar-refractivity contribution in [3.05, 3.63) is 29.3 Å². The molecule has 0 spiro atoms. The number of ether oxygens (including phenoxy) is 1. The molecule has 9 heteroatoms. The molecule has 26 heavy (non-hydrogen) atoms. The Labute approximate surface area is 153 Å². The van der Waals surface area contributed by atoms with E-state index >= 15 is 0 Å². The monoisotopic (exact) mass is 384 g/mol. The summed E-state index contributed by atoms with van der Waals surface area (Å²) in [5, 5.41) is 9.52. The minimum atomic E-state index is -3.69. The summed E-state index contributed by atoms with van der Waals surface area (Å²) in [6, 6.07) is 4.36. The second-order valence-electron chi connectivity index (χ2n) is 6.47. The Kier molecular flexibility index (Phi) is 6.05. The molecule has 0 aromatic heterocycles. The number of amides is 1. The van der Waals surface area contributed by atoms with Crippen molar-refractivity contribution in [1.82, 2.24) is 9.62 Å². The molecule has 1 aliphatic heterocycles. The van der Waals surface area contributed by atoms with E-state index in [0.717, 1.165) is 0 Å². The van der Waals surface area contributed by atoms with Crippen molar-refractivity contribution < 1.29 is 27.9 Å². The summed E-state index contributed by atoms with van der Waals surface area (Å²) in [4.78, 5) is 26.0. The van der Waals surface area contributed by atoms with E-state index < -0.39 is 21.4 Å². The number of rotatable bonds is 7. The van der Waals surface area contributed by atoms with Crippen LogP contribution in [-0.2, 0) is 19.6 Å². The van der Waals surface area contributed by atoms with Gasteiger partial charge in [0.1, 0.15) is 5.41 Å². The number of nitrogens with one attached hydrogen (secondary N) is 1. The molecular formula is C17H24N2O6S. The number of methoxy groups -OCH3 is 1. The van der Waals surface area contributed by atoms with Crippen LogP contribution >= 0.6 is 0 Å². The van der Waals surface area contributed by atoms with Gasteiger partial charge in [0.25, 0.3) is 5.91 Å². The summed E-state index contributed by atoms with van der Waals surface area (Å²) in [7, 11) is -2.26. The molecular weight excluding hydrogens is 360 g/mol. The Morgan fingerprint density at radius 3 is 2.65 bits per heavy atom. The average Bonchev–Trinajstić information content (AvgIpc) is 3.00. The zero-order chi connectivity index (χ0) is 19.5. The normalized spacial score (nSPS) is 20.3. The molecule has 8 nitrogen and oxygen atoms in total. The molecule has 1 aromatic carbocycles. The number of nitrogens with zero attached hydrogens (tertiary/aromatic N) is 1. The third-order valence-electron chi connectivity index (χ3n) is 4.60. The molecule has 2 N–H and O–H groups in total. The number of carbonyl (C=O) groups excluding carboxylic acids is 1. The van der Waals surface area contributed by atoms with E-state index in [1.165, 1.54) is 24.1 Å². The topological polar surface area (TPSA) is 113 Å². The predicted molar refractivity (Wildman–Crippen MR) is 94.5 cm³/mol. The van der Waals surface area contributed by atoms with E-state index in [4.69, 9.17) is 4.74 Å². The second kappa shape index (κ2) is 7.73. The summed E-state index contributed by atoms with van der Waals surface area (Å²) in [5.41, 5.74) is -0.251. The molecule has 1 aliphatic rings. The fraction of sp³-hybridized carbons (Fsp3) is 0.529. The lowest BCUT2D eigenvalue weighted by atomic mass is 9.88.